The Kier molecular flexibility index (Phi) is 3.53. The van der Waals surface area contributed by atoms with Crippen LogP contribution in [0.25, 0.3) is 10.9 Å². The lowest BCUT2D eigenvalue weighted by atomic mass is 10.1. The molecule has 0 saturated carbocycles. The molecule has 0 unspecified atom stereocenters. The van der Waals surface area contributed by atoms with Crippen LogP contribution < -0.4 is 5.56 Å². The molecule has 1 heterocycles. The van der Waals surface area contributed by atoms with Gasteiger partial charge in [-0.2, -0.15) is 0 Å². The highest BCUT2D eigenvalue weighted by molar-refractivity contribution is 6.00. The zero-order valence-corrected chi connectivity index (χ0v) is 11.2. The number of benzene rings is 1. The molecular formula is C13H10N2O6. The molecular weight excluding hydrogens is 280 g/mol. The molecule has 1 aromatic heterocycles. The van der Waals surface area contributed by atoms with E-state index in [-0.39, 0.29) is 16.6 Å². The van der Waals surface area contributed by atoms with Crippen molar-refractivity contribution in [3.8, 4) is 0 Å². The van der Waals surface area contributed by atoms with Crippen LogP contribution >= 0.6 is 0 Å². The number of rotatable bonds is 2. The Bertz CT molecular complexity index is 836. The number of hydrogen-bond donors (Lipinski definition) is 0. The highest BCUT2D eigenvalue weighted by Gasteiger charge is 2.22. The van der Waals surface area contributed by atoms with E-state index in [2.05, 4.69) is 4.74 Å². The van der Waals surface area contributed by atoms with Crippen LogP contribution in [0.4, 0.5) is 5.69 Å². The first kappa shape index (κ1) is 14.4. The summed E-state index contributed by atoms with van der Waals surface area (Å²) in [6.07, 6.45) is 0. The van der Waals surface area contributed by atoms with Crippen LogP contribution in [0.3, 0.4) is 0 Å². The molecule has 1 aromatic carbocycles. The average molecular weight is 290 g/mol. The number of nitrogens with zero attached hydrogens (tertiary/aromatic N) is 2. The highest BCUT2D eigenvalue weighted by Crippen LogP contribution is 2.25. The number of methoxy groups -OCH3 is 1. The second kappa shape index (κ2) is 5.16. The van der Waals surface area contributed by atoms with E-state index in [1.807, 2.05) is 0 Å². The Morgan fingerprint density at radius 3 is 2.52 bits per heavy atom. The molecule has 108 valence electrons. The van der Waals surface area contributed by atoms with Gasteiger partial charge in [0.15, 0.2) is 0 Å². The van der Waals surface area contributed by atoms with Crippen LogP contribution in [0.1, 0.15) is 22.1 Å². The quantitative estimate of drug-likeness (QED) is 0.469. The van der Waals surface area contributed by atoms with Gasteiger partial charge in [0.2, 0.25) is 5.91 Å². The standard InChI is InChI=1S/C13H10N2O6/c1-7(16)14-10-4-3-5-11(15(19)20)8(10)6-9(12(14)17)13(18)21-2/h3-6H,1-2H3. The molecule has 0 saturated heterocycles. The van der Waals surface area contributed by atoms with E-state index >= 15 is 0 Å². The van der Waals surface area contributed by atoms with E-state index in [0.717, 1.165) is 20.1 Å². The van der Waals surface area contributed by atoms with Crippen molar-refractivity contribution in [2.75, 3.05) is 7.11 Å². The summed E-state index contributed by atoms with van der Waals surface area (Å²) in [6.45, 7) is 1.13. The molecule has 0 aliphatic heterocycles. The largest absolute Gasteiger partial charge is 0.465 e. The maximum Gasteiger partial charge on any atom is 0.343 e. The van der Waals surface area contributed by atoms with E-state index in [1.54, 1.807) is 0 Å². The molecule has 0 atom stereocenters. The van der Waals surface area contributed by atoms with Gasteiger partial charge in [-0.15, -0.1) is 0 Å². The Labute approximate surface area is 117 Å². The molecule has 2 rings (SSSR count). The minimum atomic E-state index is -0.963. The smallest absolute Gasteiger partial charge is 0.343 e. The first-order valence-electron chi connectivity index (χ1n) is 5.81. The molecule has 0 amide bonds. The summed E-state index contributed by atoms with van der Waals surface area (Å²) in [6, 6.07) is 5.04. The number of aromatic nitrogens is 1. The lowest BCUT2D eigenvalue weighted by Crippen LogP contribution is -2.30. The topological polar surface area (TPSA) is 109 Å². The van der Waals surface area contributed by atoms with Crippen molar-refractivity contribution in [3.05, 3.63) is 50.3 Å². The van der Waals surface area contributed by atoms with E-state index in [0.29, 0.717) is 4.57 Å². The van der Waals surface area contributed by atoms with Gasteiger partial charge in [-0.3, -0.25) is 19.7 Å². The van der Waals surface area contributed by atoms with Gasteiger partial charge in [0.1, 0.15) is 5.56 Å². The number of nitro groups is 1. The fraction of sp³-hybridized carbons (Fsp3) is 0.154. The third-order valence-corrected chi connectivity index (χ3v) is 2.94. The van der Waals surface area contributed by atoms with Crippen LogP contribution in [-0.4, -0.2) is 28.5 Å². The summed E-state index contributed by atoms with van der Waals surface area (Å²) in [7, 11) is 1.07. The van der Waals surface area contributed by atoms with Gasteiger partial charge >= 0.3 is 5.97 Å². The molecule has 0 radical (unpaired) electrons. The summed E-state index contributed by atoms with van der Waals surface area (Å²) >= 11 is 0. The van der Waals surface area contributed by atoms with Crippen molar-refractivity contribution >= 4 is 28.5 Å². The fourth-order valence-corrected chi connectivity index (χ4v) is 2.05. The van der Waals surface area contributed by atoms with Gasteiger partial charge in [0.05, 0.1) is 22.9 Å². The SMILES string of the molecule is COC(=O)c1cc2c([N+](=O)[O-])cccc2n(C(C)=O)c1=O. The Hall–Kier alpha value is -3.03. The molecule has 0 aliphatic carbocycles. The van der Waals surface area contributed by atoms with E-state index < -0.39 is 27.9 Å². The summed E-state index contributed by atoms with van der Waals surface area (Å²) < 4.78 is 5.18. The Balaban J connectivity index is 3.04. The van der Waals surface area contributed by atoms with Crippen LogP contribution in [0, 0.1) is 10.1 Å². The van der Waals surface area contributed by atoms with Gasteiger partial charge in [-0.1, -0.05) is 6.07 Å². The molecule has 0 spiro atoms. The minimum absolute atomic E-state index is 0.0118. The van der Waals surface area contributed by atoms with Gasteiger partial charge in [-0.05, 0) is 12.1 Å². The molecule has 8 nitrogen and oxygen atoms in total. The van der Waals surface area contributed by atoms with E-state index in [4.69, 9.17) is 0 Å². The van der Waals surface area contributed by atoms with Crippen molar-refractivity contribution in [2.24, 2.45) is 0 Å². The number of pyridine rings is 1. The second-order valence-corrected chi connectivity index (χ2v) is 4.18. The average Bonchev–Trinajstić information content (AvgIpc) is 2.44. The third-order valence-electron chi connectivity index (χ3n) is 2.94. The van der Waals surface area contributed by atoms with E-state index in [1.165, 1.54) is 18.2 Å². The summed E-state index contributed by atoms with van der Waals surface area (Å²) in [5.74, 6) is -1.62. The molecule has 0 bridgehead atoms. The number of hydrogen-bond acceptors (Lipinski definition) is 6. The van der Waals surface area contributed by atoms with Crippen LogP contribution in [0.15, 0.2) is 29.1 Å². The summed E-state index contributed by atoms with van der Waals surface area (Å²) in [4.78, 5) is 45.9. The summed E-state index contributed by atoms with van der Waals surface area (Å²) in [5, 5.41) is 11.1. The van der Waals surface area contributed by atoms with Crippen LogP contribution in [0.2, 0.25) is 0 Å². The van der Waals surface area contributed by atoms with Crippen molar-refractivity contribution < 1.29 is 19.2 Å². The number of ether oxygens (including phenoxy) is 1. The first-order valence-corrected chi connectivity index (χ1v) is 5.81. The molecule has 0 fully saturated rings. The lowest BCUT2D eigenvalue weighted by Gasteiger charge is -2.09. The first-order chi connectivity index (χ1) is 9.88. The minimum Gasteiger partial charge on any atom is -0.465 e. The van der Waals surface area contributed by atoms with Gasteiger partial charge in [-0.25, -0.2) is 9.36 Å². The van der Waals surface area contributed by atoms with Crippen molar-refractivity contribution in [1.29, 1.82) is 0 Å². The highest BCUT2D eigenvalue weighted by atomic mass is 16.6. The normalized spacial score (nSPS) is 10.4. The zero-order valence-electron chi connectivity index (χ0n) is 11.2. The number of carbonyl (C=O) groups is 2. The maximum atomic E-state index is 12.2. The molecule has 0 N–H and O–H groups in total. The van der Waals surface area contributed by atoms with Crippen molar-refractivity contribution in [2.45, 2.75) is 6.92 Å². The Morgan fingerprint density at radius 2 is 2.00 bits per heavy atom. The fourth-order valence-electron chi connectivity index (χ4n) is 2.05. The molecule has 2 aromatic rings. The monoisotopic (exact) mass is 290 g/mol. The van der Waals surface area contributed by atoms with Crippen molar-refractivity contribution in [1.82, 2.24) is 4.57 Å². The van der Waals surface area contributed by atoms with Crippen LogP contribution in [0.5, 0.6) is 0 Å². The lowest BCUT2D eigenvalue weighted by molar-refractivity contribution is -0.383. The zero-order chi connectivity index (χ0) is 15.7. The number of fused-ring (bicyclic) bond motifs is 1. The van der Waals surface area contributed by atoms with Gasteiger partial charge in [0.25, 0.3) is 11.2 Å². The van der Waals surface area contributed by atoms with Gasteiger partial charge in [0, 0.05) is 13.0 Å². The van der Waals surface area contributed by atoms with Crippen LogP contribution in [-0.2, 0) is 4.74 Å². The number of nitro benzene ring substituents is 1. The predicted octanol–water partition coefficient (Wildman–Crippen LogP) is 1.36. The maximum absolute atomic E-state index is 12.2. The van der Waals surface area contributed by atoms with Gasteiger partial charge < -0.3 is 4.74 Å². The van der Waals surface area contributed by atoms with Crippen molar-refractivity contribution in [3.63, 3.8) is 0 Å². The molecule has 21 heavy (non-hydrogen) atoms. The predicted molar refractivity (Wildman–Crippen MR) is 72.5 cm³/mol. The number of esters is 1. The number of carbonyl (C=O) groups excluding carboxylic acids is 2. The Morgan fingerprint density at radius 1 is 1.33 bits per heavy atom. The second-order valence-electron chi connectivity index (χ2n) is 4.18. The summed E-state index contributed by atoms with van der Waals surface area (Å²) in [5.41, 5.74) is -1.56. The molecule has 0 aliphatic rings. The van der Waals surface area contributed by atoms with E-state index in [9.17, 15) is 24.5 Å². The number of non-ortho nitro benzene ring substituents is 1. The molecule has 8 heteroatoms. The third kappa shape index (κ3) is 2.27.